The third-order valence-corrected chi connectivity index (χ3v) is 2.26. The minimum absolute atomic E-state index is 0.135. The zero-order valence-corrected chi connectivity index (χ0v) is 8.54. The smallest absolute Gasteiger partial charge is 0.392 e. The Bertz CT molecular complexity index is 277. The number of hydrogen-bond acceptors (Lipinski definition) is 4. The summed E-state index contributed by atoms with van der Waals surface area (Å²) in [4.78, 5) is 0. The van der Waals surface area contributed by atoms with Gasteiger partial charge in [0.15, 0.2) is 3.92 Å². The first-order valence-electron chi connectivity index (χ1n) is 3.16. The lowest BCUT2D eigenvalue weighted by molar-refractivity contribution is -0.139. The molecule has 0 fully saturated rings. The quantitative estimate of drug-likeness (QED) is 0.851. The lowest BCUT2D eigenvalue weighted by Gasteiger charge is -2.04. The molecule has 0 atom stereocenters. The van der Waals surface area contributed by atoms with Crippen LogP contribution in [-0.4, -0.2) is 23.0 Å². The lowest BCUT2D eigenvalue weighted by atomic mass is 10.4. The fourth-order valence-electron chi connectivity index (χ4n) is 0.505. The van der Waals surface area contributed by atoms with Gasteiger partial charge in [-0.15, -0.1) is 5.10 Å². The van der Waals surface area contributed by atoms with Crippen molar-refractivity contribution in [1.29, 1.82) is 0 Å². The molecule has 3 nitrogen and oxygen atoms in total. The van der Waals surface area contributed by atoms with Gasteiger partial charge in [-0.25, -0.2) is 0 Å². The number of alkyl halides is 3. The molecule has 0 spiro atoms. The molecule has 0 saturated carbocycles. The van der Waals surface area contributed by atoms with Crippen LogP contribution >= 0.6 is 27.3 Å². The van der Waals surface area contributed by atoms with E-state index in [0.29, 0.717) is 3.92 Å². The highest BCUT2D eigenvalue weighted by atomic mass is 79.9. The zero-order valence-electron chi connectivity index (χ0n) is 6.14. The minimum atomic E-state index is -4.19. The highest BCUT2D eigenvalue weighted by molar-refractivity contribution is 9.11. The molecule has 74 valence electrons. The second kappa shape index (κ2) is 4.23. The van der Waals surface area contributed by atoms with Gasteiger partial charge in [0, 0.05) is 0 Å². The number of nitrogens with zero attached hydrogens (tertiary/aromatic N) is 2. The Morgan fingerprint density at radius 3 is 2.54 bits per heavy atom. The molecule has 1 aromatic heterocycles. The monoisotopic (exact) mass is 276 g/mol. The molecule has 1 rings (SSSR count). The fourth-order valence-corrected chi connectivity index (χ4v) is 1.45. The number of aromatic nitrogens is 2. The van der Waals surface area contributed by atoms with Gasteiger partial charge in [-0.3, -0.25) is 0 Å². The summed E-state index contributed by atoms with van der Waals surface area (Å²) in [7, 11) is 0. The molecule has 0 aliphatic carbocycles. The Hall–Kier alpha value is -0.370. The van der Waals surface area contributed by atoms with E-state index in [4.69, 9.17) is 4.74 Å². The lowest BCUT2D eigenvalue weighted by Crippen LogP contribution is -2.12. The van der Waals surface area contributed by atoms with Gasteiger partial charge in [-0.2, -0.15) is 13.2 Å². The maximum Gasteiger partial charge on any atom is 0.392 e. The van der Waals surface area contributed by atoms with Crippen LogP contribution in [0.25, 0.3) is 0 Å². The summed E-state index contributed by atoms with van der Waals surface area (Å²) in [6.45, 7) is -0.425. The predicted octanol–water partition coefficient (Wildman–Crippen LogP) is 2.63. The largest absolute Gasteiger partial charge is 0.469 e. The van der Waals surface area contributed by atoms with Crippen LogP contribution in [0.3, 0.4) is 0 Å². The van der Waals surface area contributed by atoms with Gasteiger partial charge >= 0.3 is 6.18 Å². The highest BCUT2D eigenvalue weighted by Crippen LogP contribution is 2.24. The van der Waals surface area contributed by atoms with E-state index in [1.165, 1.54) is 0 Å². The first-order chi connectivity index (χ1) is 5.97. The van der Waals surface area contributed by atoms with Crippen LogP contribution in [0.5, 0.6) is 5.19 Å². The summed E-state index contributed by atoms with van der Waals surface area (Å²) < 4.78 is 40.1. The van der Waals surface area contributed by atoms with Gasteiger partial charge in [-0.05, 0) is 27.3 Å². The van der Waals surface area contributed by atoms with E-state index in [-0.39, 0.29) is 5.19 Å². The van der Waals surface area contributed by atoms with E-state index in [1.807, 2.05) is 0 Å². The van der Waals surface area contributed by atoms with Gasteiger partial charge in [0.05, 0.1) is 13.0 Å². The molecule has 0 aliphatic rings. The van der Waals surface area contributed by atoms with E-state index < -0.39 is 19.2 Å². The molecule has 0 saturated heterocycles. The van der Waals surface area contributed by atoms with Crippen molar-refractivity contribution in [2.75, 3.05) is 6.61 Å². The normalized spacial score (nSPS) is 11.7. The molecule has 1 aromatic rings. The molecule has 13 heavy (non-hydrogen) atoms. The van der Waals surface area contributed by atoms with Gasteiger partial charge < -0.3 is 4.74 Å². The molecular formula is C5H4BrF3N2OS. The SMILES string of the molecule is FC(F)(F)CCOc1nnc(Br)s1. The highest BCUT2D eigenvalue weighted by Gasteiger charge is 2.27. The van der Waals surface area contributed by atoms with Crippen LogP contribution < -0.4 is 4.74 Å². The van der Waals surface area contributed by atoms with E-state index in [2.05, 4.69) is 26.1 Å². The van der Waals surface area contributed by atoms with Crippen molar-refractivity contribution in [2.45, 2.75) is 12.6 Å². The van der Waals surface area contributed by atoms with Crippen LogP contribution in [0.15, 0.2) is 3.92 Å². The molecule has 0 aromatic carbocycles. The standard InChI is InChI=1S/C5H4BrF3N2OS/c6-3-10-11-4(13-3)12-2-1-5(7,8)9/h1-2H2. The van der Waals surface area contributed by atoms with Gasteiger partial charge in [0.2, 0.25) is 0 Å². The fraction of sp³-hybridized carbons (Fsp3) is 0.600. The zero-order chi connectivity index (χ0) is 9.90. The molecule has 0 bridgehead atoms. The van der Waals surface area contributed by atoms with Crippen LogP contribution in [0.4, 0.5) is 13.2 Å². The Kier molecular flexibility index (Phi) is 3.48. The van der Waals surface area contributed by atoms with Gasteiger partial charge in [0.1, 0.15) is 0 Å². The van der Waals surface area contributed by atoms with Gasteiger partial charge in [0.25, 0.3) is 5.19 Å². The van der Waals surface area contributed by atoms with Crippen molar-refractivity contribution in [3.63, 3.8) is 0 Å². The Labute approximate surface area is 84.1 Å². The summed E-state index contributed by atoms with van der Waals surface area (Å²) in [6, 6.07) is 0. The maximum atomic E-state index is 11.6. The summed E-state index contributed by atoms with van der Waals surface area (Å²) in [5.41, 5.74) is 0. The first kappa shape index (κ1) is 10.7. The number of ether oxygens (including phenoxy) is 1. The van der Waals surface area contributed by atoms with Crippen LogP contribution in [-0.2, 0) is 0 Å². The Morgan fingerprint density at radius 1 is 1.38 bits per heavy atom. The number of rotatable bonds is 3. The van der Waals surface area contributed by atoms with Crippen molar-refractivity contribution in [1.82, 2.24) is 10.2 Å². The summed E-state index contributed by atoms with van der Waals surface area (Å²) in [6.07, 6.45) is -5.17. The third-order valence-electron chi connectivity index (χ3n) is 0.993. The van der Waals surface area contributed by atoms with Crippen molar-refractivity contribution in [2.24, 2.45) is 0 Å². The Balaban J connectivity index is 2.28. The van der Waals surface area contributed by atoms with Crippen LogP contribution in [0.1, 0.15) is 6.42 Å². The van der Waals surface area contributed by atoms with Crippen molar-refractivity contribution >= 4 is 27.3 Å². The van der Waals surface area contributed by atoms with Crippen LogP contribution in [0, 0.1) is 0 Å². The molecule has 0 aliphatic heterocycles. The maximum absolute atomic E-state index is 11.6. The summed E-state index contributed by atoms with van der Waals surface area (Å²) in [5.74, 6) is 0. The Morgan fingerprint density at radius 2 is 2.08 bits per heavy atom. The van der Waals surface area contributed by atoms with E-state index in [1.54, 1.807) is 0 Å². The van der Waals surface area contributed by atoms with E-state index in [0.717, 1.165) is 11.3 Å². The van der Waals surface area contributed by atoms with Crippen molar-refractivity contribution in [3.8, 4) is 5.19 Å². The molecule has 0 radical (unpaired) electrons. The molecule has 1 heterocycles. The number of halogens is 4. The summed E-state index contributed by atoms with van der Waals surface area (Å²) >= 11 is 4.05. The topological polar surface area (TPSA) is 35.0 Å². The second-order valence-electron chi connectivity index (χ2n) is 2.03. The second-order valence-corrected chi connectivity index (χ2v) is 4.25. The molecule has 0 amide bonds. The average molecular weight is 277 g/mol. The van der Waals surface area contributed by atoms with Crippen molar-refractivity contribution < 1.29 is 17.9 Å². The average Bonchev–Trinajstić information content (AvgIpc) is 2.33. The summed E-state index contributed by atoms with van der Waals surface area (Å²) in [5, 5.41) is 7.11. The molecular weight excluding hydrogens is 273 g/mol. The molecule has 0 unspecified atom stereocenters. The third kappa shape index (κ3) is 4.41. The molecule has 0 N–H and O–H groups in total. The minimum Gasteiger partial charge on any atom is -0.469 e. The number of hydrogen-bond donors (Lipinski definition) is 0. The van der Waals surface area contributed by atoms with Crippen LogP contribution in [0.2, 0.25) is 0 Å². The first-order valence-corrected chi connectivity index (χ1v) is 4.77. The molecule has 8 heteroatoms. The van der Waals surface area contributed by atoms with E-state index >= 15 is 0 Å². The van der Waals surface area contributed by atoms with E-state index in [9.17, 15) is 13.2 Å². The predicted molar refractivity (Wildman–Crippen MR) is 43.8 cm³/mol. The van der Waals surface area contributed by atoms with Crippen molar-refractivity contribution in [3.05, 3.63) is 3.92 Å². The van der Waals surface area contributed by atoms with Gasteiger partial charge in [-0.1, -0.05) is 5.10 Å².